The quantitative estimate of drug-likeness (QED) is 0.855. The molecule has 0 atom stereocenters. The van der Waals surface area contributed by atoms with Crippen LogP contribution in [-0.4, -0.2) is 17.4 Å². The smallest absolute Gasteiger partial charge is 0.236 e. The van der Waals surface area contributed by atoms with Crippen LogP contribution in [0.25, 0.3) is 10.8 Å². The lowest BCUT2D eigenvalue weighted by Gasteiger charge is -1.98. The van der Waals surface area contributed by atoms with E-state index in [1.165, 1.54) is 0 Å². The molecule has 0 fully saturated rings. The predicted octanol–water partition coefficient (Wildman–Crippen LogP) is 2.00. The van der Waals surface area contributed by atoms with E-state index in [0.29, 0.717) is 17.3 Å². The lowest BCUT2D eigenvalue weighted by molar-refractivity contribution is -0.120. The molecule has 2 aromatic rings. The summed E-state index contributed by atoms with van der Waals surface area (Å²) in [6.45, 7) is 2.03. The zero-order chi connectivity index (χ0) is 13.0. The van der Waals surface area contributed by atoms with E-state index in [9.17, 15) is 4.79 Å². The van der Waals surface area contributed by atoms with E-state index in [1.54, 1.807) is 18.3 Å². The number of oxazole rings is 1. The van der Waals surface area contributed by atoms with Crippen molar-refractivity contribution >= 4 is 17.2 Å². The number of hydrogen-bond donors (Lipinski definition) is 1. The van der Waals surface area contributed by atoms with Gasteiger partial charge >= 0.3 is 0 Å². The fraction of sp³-hybridized carbons (Fsp3) is 0.231. The summed E-state index contributed by atoms with van der Waals surface area (Å²) in [6.07, 6.45) is 5.25. The SMILES string of the molecule is C#CCNC(=O)Cc1nc(-c2cccs2)oc1C. The third-order valence-electron chi connectivity index (χ3n) is 2.34. The number of rotatable bonds is 4. The van der Waals surface area contributed by atoms with Gasteiger partial charge in [-0.15, -0.1) is 17.8 Å². The van der Waals surface area contributed by atoms with Crippen LogP contribution in [0.5, 0.6) is 0 Å². The summed E-state index contributed by atoms with van der Waals surface area (Å²) >= 11 is 1.55. The van der Waals surface area contributed by atoms with Crippen molar-refractivity contribution < 1.29 is 9.21 Å². The molecule has 0 spiro atoms. The largest absolute Gasteiger partial charge is 0.440 e. The van der Waals surface area contributed by atoms with Crippen LogP contribution < -0.4 is 5.32 Å². The number of aryl methyl sites for hydroxylation is 1. The molecule has 0 saturated carbocycles. The zero-order valence-corrected chi connectivity index (χ0v) is 10.7. The van der Waals surface area contributed by atoms with Crippen LogP contribution in [-0.2, 0) is 11.2 Å². The molecule has 18 heavy (non-hydrogen) atoms. The Hall–Kier alpha value is -2.06. The minimum atomic E-state index is -0.151. The summed E-state index contributed by atoms with van der Waals surface area (Å²) in [6, 6.07) is 3.86. The van der Waals surface area contributed by atoms with Crippen LogP contribution in [0.3, 0.4) is 0 Å². The molecule has 0 aliphatic rings. The molecule has 0 unspecified atom stereocenters. The van der Waals surface area contributed by atoms with Gasteiger partial charge in [0.2, 0.25) is 11.8 Å². The van der Waals surface area contributed by atoms with Crippen molar-refractivity contribution in [3.8, 4) is 23.1 Å². The summed E-state index contributed by atoms with van der Waals surface area (Å²) in [7, 11) is 0. The maximum atomic E-state index is 11.5. The number of carbonyl (C=O) groups excluding carboxylic acids is 1. The van der Waals surface area contributed by atoms with Crippen LogP contribution >= 0.6 is 11.3 Å². The Labute approximate surface area is 109 Å². The highest BCUT2D eigenvalue weighted by molar-refractivity contribution is 7.13. The topological polar surface area (TPSA) is 55.1 Å². The van der Waals surface area contributed by atoms with Crippen molar-refractivity contribution in [2.24, 2.45) is 0 Å². The normalized spacial score (nSPS) is 10.0. The second kappa shape index (κ2) is 5.52. The Morgan fingerprint density at radius 2 is 2.50 bits per heavy atom. The molecule has 2 aromatic heterocycles. The average Bonchev–Trinajstić information content (AvgIpc) is 2.97. The van der Waals surface area contributed by atoms with Crippen molar-refractivity contribution in [1.82, 2.24) is 10.3 Å². The number of carbonyl (C=O) groups is 1. The lowest BCUT2D eigenvalue weighted by Crippen LogP contribution is -2.25. The summed E-state index contributed by atoms with van der Waals surface area (Å²) in [5, 5.41) is 4.55. The predicted molar refractivity (Wildman–Crippen MR) is 70.1 cm³/mol. The van der Waals surface area contributed by atoms with Crippen LogP contribution in [0.2, 0.25) is 0 Å². The molecule has 0 aliphatic carbocycles. The fourth-order valence-corrected chi connectivity index (χ4v) is 2.11. The third-order valence-corrected chi connectivity index (χ3v) is 3.20. The van der Waals surface area contributed by atoms with Crippen molar-refractivity contribution in [2.45, 2.75) is 13.3 Å². The molecule has 2 rings (SSSR count). The number of nitrogens with zero attached hydrogens (tertiary/aromatic N) is 1. The first kappa shape index (κ1) is 12.4. The van der Waals surface area contributed by atoms with E-state index in [2.05, 4.69) is 16.2 Å². The third kappa shape index (κ3) is 2.79. The molecule has 0 aromatic carbocycles. The molecule has 1 N–H and O–H groups in total. The van der Waals surface area contributed by atoms with Gasteiger partial charge in [-0.25, -0.2) is 4.98 Å². The van der Waals surface area contributed by atoms with E-state index < -0.39 is 0 Å². The van der Waals surface area contributed by atoms with Gasteiger partial charge in [0.1, 0.15) is 5.76 Å². The van der Waals surface area contributed by atoms with Crippen molar-refractivity contribution in [3.05, 3.63) is 29.0 Å². The van der Waals surface area contributed by atoms with Crippen LogP contribution in [0.1, 0.15) is 11.5 Å². The van der Waals surface area contributed by atoms with Crippen molar-refractivity contribution in [1.29, 1.82) is 0 Å². The molecule has 0 bridgehead atoms. The van der Waals surface area contributed by atoms with E-state index in [-0.39, 0.29) is 18.9 Å². The first-order chi connectivity index (χ1) is 8.70. The van der Waals surface area contributed by atoms with E-state index >= 15 is 0 Å². The second-order valence-electron chi connectivity index (χ2n) is 3.66. The van der Waals surface area contributed by atoms with Crippen LogP contribution in [0.15, 0.2) is 21.9 Å². The van der Waals surface area contributed by atoms with Gasteiger partial charge in [0.25, 0.3) is 0 Å². The van der Waals surface area contributed by atoms with Crippen molar-refractivity contribution in [2.75, 3.05) is 6.54 Å². The maximum Gasteiger partial charge on any atom is 0.236 e. The van der Waals surface area contributed by atoms with Gasteiger partial charge in [-0.3, -0.25) is 4.79 Å². The summed E-state index contributed by atoms with van der Waals surface area (Å²) in [4.78, 5) is 16.8. The molecule has 2 heterocycles. The maximum absolute atomic E-state index is 11.5. The number of nitrogens with one attached hydrogen (secondary N) is 1. The molecule has 0 radical (unpaired) electrons. The minimum Gasteiger partial charge on any atom is -0.440 e. The second-order valence-corrected chi connectivity index (χ2v) is 4.60. The molecule has 92 valence electrons. The number of thiophene rings is 1. The Balaban J connectivity index is 2.11. The van der Waals surface area contributed by atoms with Gasteiger partial charge in [-0.05, 0) is 18.4 Å². The molecule has 0 aliphatic heterocycles. The first-order valence-corrected chi connectivity index (χ1v) is 6.29. The van der Waals surface area contributed by atoms with E-state index in [1.807, 2.05) is 17.5 Å². The van der Waals surface area contributed by atoms with Crippen LogP contribution in [0, 0.1) is 19.3 Å². The number of amides is 1. The van der Waals surface area contributed by atoms with Crippen LogP contribution in [0.4, 0.5) is 0 Å². The number of aromatic nitrogens is 1. The molecular formula is C13H12N2O2S. The Morgan fingerprint density at radius 1 is 1.67 bits per heavy atom. The van der Waals surface area contributed by atoms with Gasteiger partial charge in [0, 0.05) is 0 Å². The lowest BCUT2D eigenvalue weighted by atomic mass is 10.2. The standard InChI is InChI=1S/C13H12N2O2S/c1-3-6-14-12(16)8-10-9(2)17-13(15-10)11-5-4-7-18-11/h1,4-5,7H,6,8H2,2H3,(H,14,16). The van der Waals surface area contributed by atoms with E-state index in [4.69, 9.17) is 10.8 Å². The number of terminal acetylenes is 1. The molecule has 1 amide bonds. The zero-order valence-electron chi connectivity index (χ0n) is 9.90. The molecule has 0 saturated heterocycles. The Kier molecular flexibility index (Phi) is 3.80. The fourth-order valence-electron chi connectivity index (χ4n) is 1.46. The van der Waals surface area contributed by atoms with Crippen molar-refractivity contribution in [3.63, 3.8) is 0 Å². The molecule has 4 nitrogen and oxygen atoms in total. The van der Waals surface area contributed by atoms with Gasteiger partial charge in [0.15, 0.2) is 0 Å². The first-order valence-electron chi connectivity index (χ1n) is 5.41. The van der Waals surface area contributed by atoms with Gasteiger partial charge < -0.3 is 9.73 Å². The van der Waals surface area contributed by atoms with E-state index in [0.717, 1.165) is 4.88 Å². The highest BCUT2D eigenvalue weighted by Gasteiger charge is 2.14. The average molecular weight is 260 g/mol. The Bertz CT molecular complexity index is 579. The van der Waals surface area contributed by atoms with Gasteiger partial charge in [-0.1, -0.05) is 12.0 Å². The molecular weight excluding hydrogens is 248 g/mol. The Morgan fingerprint density at radius 3 is 3.17 bits per heavy atom. The summed E-state index contributed by atoms with van der Waals surface area (Å²) in [5.74, 6) is 3.42. The monoisotopic (exact) mass is 260 g/mol. The minimum absolute atomic E-state index is 0.151. The summed E-state index contributed by atoms with van der Waals surface area (Å²) in [5.41, 5.74) is 0.646. The van der Waals surface area contributed by atoms with Gasteiger partial charge in [-0.2, -0.15) is 0 Å². The highest BCUT2D eigenvalue weighted by Crippen LogP contribution is 2.25. The van der Waals surface area contributed by atoms with Gasteiger partial charge in [0.05, 0.1) is 23.5 Å². The summed E-state index contributed by atoms with van der Waals surface area (Å²) < 4.78 is 5.54. The highest BCUT2D eigenvalue weighted by atomic mass is 32.1. The number of hydrogen-bond acceptors (Lipinski definition) is 4. The molecule has 5 heteroatoms.